The molecule has 0 N–H and O–H groups in total. The third kappa shape index (κ3) is 3.35. The molecule has 7 heteroatoms. The van der Waals surface area contributed by atoms with Crippen molar-refractivity contribution in [2.24, 2.45) is 0 Å². The molecule has 3 aromatic rings. The van der Waals surface area contributed by atoms with E-state index >= 15 is 0 Å². The molecule has 1 aliphatic heterocycles. The van der Waals surface area contributed by atoms with Gasteiger partial charge in [0.2, 0.25) is 11.7 Å². The van der Waals surface area contributed by atoms with E-state index in [0.717, 1.165) is 18.7 Å². The first-order valence-electron chi connectivity index (χ1n) is 7.95. The van der Waals surface area contributed by atoms with E-state index in [9.17, 15) is 0 Å². The molecular formula is C16H19N5OS. The van der Waals surface area contributed by atoms with Crippen LogP contribution in [0.1, 0.15) is 25.2 Å². The van der Waals surface area contributed by atoms with Crippen molar-refractivity contribution >= 4 is 11.3 Å². The summed E-state index contributed by atoms with van der Waals surface area (Å²) in [6.07, 6.45) is 7.53. The molecule has 0 amide bonds. The lowest BCUT2D eigenvalue weighted by molar-refractivity contribution is 0.108. The summed E-state index contributed by atoms with van der Waals surface area (Å²) in [5, 5.41) is 12.5. The molecule has 4 rings (SSSR count). The lowest BCUT2D eigenvalue weighted by Gasteiger charge is -2.34. The number of hydrogen-bond acceptors (Lipinski definition) is 6. The van der Waals surface area contributed by atoms with E-state index < -0.39 is 0 Å². The van der Waals surface area contributed by atoms with E-state index in [0.29, 0.717) is 24.3 Å². The summed E-state index contributed by atoms with van der Waals surface area (Å²) >= 11 is 1.64. The largest absolute Gasteiger partial charge is 0.338 e. The second kappa shape index (κ2) is 6.64. The van der Waals surface area contributed by atoms with Crippen LogP contribution < -0.4 is 0 Å². The predicted molar refractivity (Wildman–Crippen MR) is 87.9 cm³/mol. The number of aromatic nitrogens is 4. The first-order chi connectivity index (χ1) is 11.4. The van der Waals surface area contributed by atoms with Crippen LogP contribution in [0.15, 0.2) is 39.8 Å². The highest BCUT2D eigenvalue weighted by Gasteiger charge is 2.25. The first kappa shape index (κ1) is 14.6. The summed E-state index contributed by atoms with van der Waals surface area (Å²) in [5.74, 6) is 1.38. The van der Waals surface area contributed by atoms with Crippen LogP contribution in [0, 0.1) is 0 Å². The first-order valence-corrected chi connectivity index (χ1v) is 8.89. The normalized spacial score (nSPS) is 19.2. The van der Waals surface area contributed by atoms with E-state index in [4.69, 9.17) is 4.52 Å². The smallest absolute Gasteiger partial charge is 0.241 e. The fourth-order valence-electron chi connectivity index (χ4n) is 3.10. The zero-order chi connectivity index (χ0) is 15.5. The Morgan fingerprint density at radius 1 is 1.35 bits per heavy atom. The molecular weight excluding hydrogens is 310 g/mol. The van der Waals surface area contributed by atoms with Crippen LogP contribution in [-0.4, -0.2) is 37.4 Å². The van der Waals surface area contributed by atoms with E-state index in [2.05, 4.69) is 20.1 Å². The molecule has 6 nitrogen and oxygen atoms in total. The zero-order valence-corrected chi connectivity index (χ0v) is 13.7. The molecule has 23 heavy (non-hydrogen) atoms. The molecule has 1 saturated heterocycles. The Hall–Kier alpha value is -1.99. The van der Waals surface area contributed by atoms with Gasteiger partial charge in [0.15, 0.2) is 0 Å². The summed E-state index contributed by atoms with van der Waals surface area (Å²) in [4.78, 5) is 6.98. The second-order valence-corrected chi connectivity index (χ2v) is 6.65. The summed E-state index contributed by atoms with van der Waals surface area (Å²) < 4.78 is 7.46. The van der Waals surface area contributed by atoms with Gasteiger partial charge in [-0.1, -0.05) is 11.6 Å². The van der Waals surface area contributed by atoms with Gasteiger partial charge in [-0.2, -0.15) is 21.4 Å². The minimum absolute atomic E-state index is 0.472. The van der Waals surface area contributed by atoms with Gasteiger partial charge < -0.3 is 4.52 Å². The van der Waals surface area contributed by atoms with Gasteiger partial charge in [0.1, 0.15) is 0 Å². The Kier molecular flexibility index (Phi) is 4.21. The molecule has 0 spiro atoms. The van der Waals surface area contributed by atoms with Crippen molar-refractivity contribution in [1.82, 2.24) is 24.8 Å². The van der Waals surface area contributed by atoms with Crippen molar-refractivity contribution in [3.8, 4) is 11.4 Å². The van der Waals surface area contributed by atoms with Crippen molar-refractivity contribution in [1.29, 1.82) is 0 Å². The minimum Gasteiger partial charge on any atom is -0.338 e. The standard InChI is InChI=1S/C16H19N5OS/c1-2-7-20(14(4-1)10-21-8-3-6-17-21)11-15-18-16(19-22-15)13-5-9-23-12-13/h3,5-6,8-9,12,14H,1-2,4,7,10-11H2/t14-/m1/s1. The average molecular weight is 329 g/mol. The number of nitrogens with zero attached hydrogens (tertiary/aromatic N) is 5. The van der Waals surface area contributed by atoms with Gasteiger partial charge in [-0.25, -0.2) is 0 Å². The van der Waals surface area contributed by atoms with Gasteiger partial charge in [0.25, 0.3) is 0 Å². The van der Waals surface area contributed by atoms with Gasteiger partial charge >= 0.3 is 0 Å². The highest BCUT2D eigenvalue weighted by atomic mass is 32.1. The maximum Gasteiger partial charge on any atom is 0.241 e. The van der Waals surface area contributed by atoms with Crippen molar-refractivity contribution in [2.75, 3.05) is 6.54 Å². The highest BCUT2D eigenvalue weighted by Crippen LogP contribution is 2.22. The van der Waals surface area contributed by atoms with E-state index in [1.54, 1.807) is 11.3 Å². The predicted octanol–water partition coefficient (Wildman–Crippen LogP) is 3.05. The molecule has 0 saturated carbocycles. The lowest BCUT2D eigenvalue weighted by atomic mass is 10.0. The number of likely N-dealkylation sites (tertiary alicyclic amines) is 1. The number of thiophene rings is 1. The second-order valence-electron chi connectivity index (χ2n) is 5.87. The SMILES string of the molecule is c1cnn(C[C@H]2CCCCN2Cc2nc(-c3ccsc3)no2)c1. The molecule has 1 atom stereocenters. The summed E-state index contributed by atoms with van der Waals surface area (Å²) in [6.45, 7) is 2.70. The summed E-state index contributed by atoms with van der Waals surface area (Å²) in [7, 11) is 0. The maximum atomic E-state index is 5.45. The maximum absolute atomic E-state index is 5.45. The highest BCUT2D eigenvalue weighted by molar-refractivity contribution is 7.08. The quantitative estimate of drug-likeness (QED) is 0.720. The topological polar surface area (TPSA) is 60.0 Å². The van der Waals surface area contributed by atoms with Gasteiger partial charge in [-0.15, -0.1) is 0 Å². The Morgan fingerprint density at radius 3 is 3.17 bits per heavy atom. The molecule has 0 aliphatic carbocycles. The molecule has 3 aromatic heterocycles. The van der Waals surface area contributed by atoms with Crippen LogP contribution in [0.2, 0.25) is 0 Å². The number of piperidine rings is 1. The van der Waals surface area contributed by atoms with Crippen LogP contribution in [0.4, 0.5) is 0 Å². The van der Waals surface area contributed by atoms with Crippen LogP contribution in [0.3, 0.4) is 0 Å². The Labute approximate surface area is 138 Å². The third-order valence-electron chi connectivity index (χ3n) is 4.29. The fraction of sp³-hybridized carbons (Fsp3) is 0.438. The third-order valence-corrected chi connectivity index (χ3v) is 4.98. The molecule has 4 heterocycles. The van der Waals surface area contributed by atoms with Crippen LogP contribution >= 0.6 is 11.3 Å². The van der Waals surface area contributed by atoms with E-state index in [1.807, 2.05) is 40.0 Å². The Bertz CT molecular complexity index is 722. The monoisotopic (exact) mass is 329 g/mol. The van der Waals surface area contributed by atoms with Crippen molar-refractivity contribution in [3.05, 3.63) is 41.2 Å². The van der Waals surface area contributed by atoms with Gasteiger partial charge in [-0.3, -0.25) is 9.58 Å². The van der Waals surface area contributed by atoms with Crippen LogP contribution in [0.5, 0.6) is 0 Å². The summed E-state index contributed by atoms with van der Waals surface area (Å²) in [5.41, 5.74) is 1.02. The Balaban J connectivity index is 1.45. The van der Waals surface area contributed by atoms with E-state index in [-0.39, 0.29) is 0 Å². The molecule has 0 bridgehead atoms. The van der Waals surface area contributed by atoms with Gasteiger partial charge in [-0.05, 0) is 36.9 Å². The van der Waals surface area contributed by atoms with Gasteiger partial charge in [0, 0.05) is 29.4 Å². The van der Waals surface area contributed by atoms with Crippen molar-refractivity contribution in [3.63, 3.8) is 0 Å². The Morgan fingerprint density at radius 2 is 2.35 bits per heavy atom. The number of hydrogen-bond donors (Lipinski definition) is 0. The zero-order valence-electron chi connectivity index (χ0n) is 12.8. The number of rotatable bonds is 5. The average Bonchev–Trinajstić information content (AvgIpc) is 3.31. The lowest BCUT2D eigenvalue weighted by Crippen LogP contribution is -2.41. The van der Waals surface area contributed by atoms with Crippen LogP contribution in [-0.2, 0) is 13.1 Å². The molecule has 1 fully saturated rings. The van der Waals surface area contributed by atoms with Gasteiger partial charge in [0.05, 0.1) is 13.1 Å². The molecule has 0 aromatic carbocycles. The van der Waals surface area contributed by atoms with Crippen molar-refractivity contribution < 1.29 is 4.52 Å². The molecule has 120 valence electrons. The molecule has 0 unspecified atom stereocenters. The van der Waals surface area contributed by atoms with E-state index in [1.165, 1.54) is 19.3 Å². The summed E-state index contributed by atoms with van der Waals surface area (Å²) in [6, 6.07) is 4.46. The fourth-order valence-corrected chi connectivity index (χ4v) is 3.74. The minimum atomic E-state index is 0.472. The van der Waals surface area contributed by atoms with Crippen molar-refractivity contribution in [2.45, 2.75) is 38.4 Å². The molecule has 0 radical (unpaired) electrons. The molecule has 1 aliphatic rings. The van der Waals surface area contributed by atoms with Crippen LogP contribution in [0.25, 0.3) is 11.4 Å².